The third-order valence-corrected chi connectivity index (χ3v) is 3.76. The van der Waals surface area contributed by atoms with Gasteiger partial charge in [-0.1, -0.05) is 6.07 Å². The molecule has 1 aromatic carbocycles. The highest BCUT2D eigenvalue weighted by molar-refractivity contribution is 5.81. The normalized spacial score (nSPS) is 23.0. The molecule has 4 nitrogen and oxygen atoms in total. The summed E-state index contributed by atoms with van der Waals surface area (Å²) in [6.07, 6.45) is 1.60. The van der Waals surface area contributed by atoms with Crippen LogP contribution in [0.25, 0.3) is 0 Å². The number of halogens is 2. The van der Waals surface area contributed by atoms with Crippen LogP contribution in [-0.2, 0) is 16.1 Å². The summed E-state index contributed by atoms with van der Waals surface area (Å²) in [5.74, 6) is -1.77. The van der Waals surface area contributed by atoms with Gasteiger partial charge in [-0.2, -0.15) is 0 Å². The molecule has 1 N–H and O–H groups in total. The largest absolute Gasteiger partial charge is 0.366 e. The van der Waals surface area contributed by atoms with E-state index in [9.17, 15) is 13.6 Å². The Morgan fingerprint density at radius 1 is 1.33 bits per heavy atom. The number of nitrogens with zero attached hydrogens (tertiary/aromatic N) is 1. The number of hydrogen-bond donors (Lipinski definition) is 1. The second-order valence-electron chi connectivity index (χ2n) is 5.63. The third-order valence-electron chi connectivity index (χ3n) is 3.76. The van der Waals surface area contributed by atoms with Crippen molar-refractivity contribution in [1.29, 1.82) is 0 Å². The number of amides is 1. The van der Waals surface area contributed by atoms with Crippen LogP contribution < -0.4 is 5.32 Å². The second-order valence-corrected chi connectivity index (χ2v) is 5.63. The van der Waals surface area contributed by atoms with Gasteiger partial charge in [-0.3, -0.25) is 9.69 Å². The SMILES string of the molecule is O=C(NC1CC1)C1CN(Cc2ccc(F)c(F)c2)CCO1. The third kappa shape index (κ3) is 3.77. The molecule has 2 fully saturated rings. The van der Waals surface area contributed by atoms with Crippen molar-refractivity contribution in [2.75, 3.05) is 19.7 Å². The van der Waals surface area contributed by atoms with Crippen LogP contribution in [0.1, 0.15) is 18.4 Å². The van der Waals surface area contributed by atoms with E-state index in [0.29, 0.717) is 37.8 Å². The predicted molar refractivity (Wildman–Crippen MR) is 72.5 cm³/mol. The number of hydrogen-bond acceptors (Lipinski definition) is 3. The number of benzene rings is 1. The van der Waals surface area contributed by atoms with Crippen LogP contribution in [0.3, 0.4) is 0 Å². The molecule has 1 saturated heterocycles. The van der Waals surface area contributed by atoms with Crippen LogP contribution in [0, 0.1) is 11.6 Å². The quantitative estimate of drug-likeness (QED) is 0.914. The fourth-order valence-electron chi connectivity index (χ4n) is 2.42. The lowest BCUT2D eigenvalue weighted by Crippen LogP contribution is -2.49. The van der Waals surface area contributed by atoms with E-state index in [-0.39, 0.29) is 5.91 Å². The van der Waals surface area contributed by atoms with Gasteiger partial charge in [0, 0.05) is 25.7 Å². The molecule has 1 unspecified atom stereocenters. The first-order valence-corrected chi connectivity index (χ1v) is 7.20. The summed E-state index contributed by atoms with van der Waals surface area (Å²) in [4.78, 5) is 14.0. The molecular weight excluding hydrogens is 278 g/mol. The fraction of sp³-hybridized carbons (Fsp3) is 0.533. The number of carbonyl (C=O) groups excluding carboxylic acids is 1. The van der Waals surface area contributed by atoms with Crippen LogP contribution in [0.5, 0.6) is 0 Å². The molecule has 1 amide bonds. The smallest absolute Gasteiger partial charge is 0.250 e. The molecule has 1 aliphatic heterocycles. The number of rotatable bonds is 4. The molecule has 1 saturated carbocycles. The first kappa shape index (κ1) is 14.4. The monoisotopic (exact) mass is 296 g/mol. The zero-order valence-corrected chi connectivity index (χ0v) is 11.6. The molecule has 0 radical (unpaired) electrons. The van der Waals surface area contributed by atoms with Crippen molar-refractivity contribution in [3.8, 4) is 0 Å². The Kier molecular flexibility index (Phi) is 4.17. The Labute approximate surface area is 122 Å². The van der Waals surface area contributed by atoms with Gasteiger partial charge in [0.2, 0.25) is 0 Å². The molecule has 0 bridgehead atoms. The van der Waals surface area contributed by atoms with Crippen molar-refractivity contribution < 1.29 is 18.3 Å². The van der Waals surface area contributed by atoms with E-state index >= 15 is 0 Å². The van der Waals surface area contributed by atoms with Crippen molar-refractivity contribution in [2.24, 2.45) is 0 Å². The van der Waals surface area contributed by atoms with Crippen molar-refractivity contribution in [3.05, 3.63) is 35.4 Å². The van der Waals surface area contributed by atoms with Gasteiger partial charge < -0.3 is 10.1 Å². The van der Waals surface area contributed by atoms with Crippen molar-refractivity contribution in [1.82, 2.24) is 10.2 Å². The zero-order valence-electron chi connectivity index (χ0n) is 11.6. The highest BCUT2D eigenvalue weighted by Crippen LogP contribution is 2.20. The topological polar surface area (TPSA) is 41.6 Å². The number of ether oxygens (including phenoxy) is 1. The maximum atomic E-state index is 13.2. The van der Waals surface area contributed by atoms with E-state index in [0.717, 1.165) is 18.9 Å². The molecule has 1 heterocycles. The van der Waals surface area contributed by atoms with Gasteiger partial charge in [0.05, 0.1) is 6.61 Å². The second kappa shape index (κ2) is 6.07. The molecule has 1 aliphatic carbocycles. The Bertz CT molecular complexity index is 534. The molecule has 0 spiro atoms. The molecule has 1 atom stereocenters. The van der Waals surface area contributed by atoms with E-state index < -0.39 is 17.7 Å². The van der Waals surface area contributed by atoms with E-state index in [1.165, 1.54) is 6.07 Å². The molecule has 114 valence electrons. The molecule has 3 rings (SSSR count). The summed E-state index contributed by atoms with van der Waals surface area (Å²) in [7, 11) is 0. The summed E-state index contributed by atoms with van der Waals surface area (Å²) in [6.45, 7) is 2.09. The van der Waals surface area contributed by atoms with Gasteiger partial charge in [0.25, 0.3) is 5.91 Å². The minimum Gasteiger partial charge on any atom is -0.366 e. The summed E-state index contributed by atoms with van der Waals surface area (Å²) in [5, 5.41) is 2.92. The van der Waals surface area contributed by atoms with Crippen LogP contribution in [0.4, 0.5) is 8.78 Å². The number of nitrogens with one attached hydrogen (secondary N) is 1. The molecule has 0 aromatic heterocycles. The van der Waals surface area contributed by atoms with Gasteiger partial charge in [0.1, 0.15) is 6.10 Å². The summed E-state index contributed by atoms with van der Waals surface area (Å²) in [5.41, 5.74) is 0.692. The molecule has 2 aliphatic rings. The lowest BCUT2D eigenvalue weighted by Gasteiger charge is -2.32. The fourth-order valence-corrected chi connectivity index (χ4v) is 2.42. The van der Waals surface area contributed by atoms with Crippen LogP contribution in [-0.4, -0.2) is 42.6 Å². The molecule has 21 heavy (non-hydrogen) atoms. The Morgan fingerprint density at radius 3 is 2.86 bits per heavy atom. The summed E-state index contributed by atoms with van der Waals surface area (Å²) < 4.78 is 31.6. The maximum Gasteiger partial charge on any atom is 0.250 e. The van der Waals surface area contributed by atoms with Gasteiger partial charge in [-0.15, -0.1) is 0 Å². The van der Waals surface area contributed by atoms with Gasteiger partial charge in [-0.05, 0) is 30.5 Å². The Hall–Kier alpha value is -1.53. The standard InChI is InChI=1S/C15H18F2N2O2/c16-12-4-1-10(7-13(12)17)8-19-5-6-21-14(9-19)15(20)18-11-2-3-11/h1,4,7,11,14H,2-3,5-6,8-9H2,(H,18,20). The first-order valence-electron chi connectivity index (χ1n) is 7.20. The minimum absolute atomic E-state index is 0.0764. The molecular formula is C15H18F2N2O2. The van der Waals surface area contributed by atoms with Crippen molar-refractivity contribution in [3.63, 3.8) is 0 Å². The van der Waals surface area contributed by atoms with Crippen LogP contribution in [0.2, 0.25) is 0 Å². The lowest BCUT2D eigenvalue weighted by atomic mass is 10.1. The van der Waals surface area contributed by atoms with Crippen molar-refractivity contribution in [2.45, 2.75) is 31.5 Å². The lowest BCUT2D eigenvalue weighted by molar-refractivity contribution is -0.138. The van der Waals surface area contributed by atoms with E-state index in [1.54, 1.807) is 6.07 Å². The Morgan fingerprint density at radius 2 is 2.14 bits per heavy atom. The van der Waals surface area contributed by atoms with E-state index in [4.69, 9.17) is 4.74 Å². The molecule has 1 aromatic rings. The maximum absolute atomic E-state index is 13.2. The van der Waals surface area contributed by atoms with Gasteiger partial charge in [0.15, 0.2) is 11.6 Å². The van der Waals surface area contributed by atoms with Crippen LogP contribution in [0.15, 0.2) is 18.2 Å². The average Bonchev–Trinajstić information content (AvgIpc) is 3.27. The predicted octanol–water partition coefficient (Wildman–Crippen LogP) is 1.44. The Balaban J connectivity index is 1.57. The highest BCUT2D eigenvalue weighted by atomic mass is 19.2. The highest BCUT2D eigenvalue weighted by Gasteiger charge is 2.31. The zero-order chi connectivity index (χ0) is 14.8. The summed E-state index contributed by atoms with van der Waals surface area (Å²) >= 11 is 0. The van der Waals surface area contributed by atoms with E-state index in [2.05, 4.69) is 5.32 Å². The average molecular weight is 296 g/mol. The van der Waals surface area contributed by atoms with Gasteiger partial charge >= 0.3 is 0 Å². The van der Waals surface area contributed by atoms with E-state index in [1.807, 2.05) is 4.90 Å². The first-order chi connectivity index (χ1) is 10.1. The number of carbonyl (C=O) groups is 1. The molecule has 6 heteroatoms. The summed E-state index contributed by atoms with van der Waals surface area (Å²) in [6, 6.07) is 4.20. The number of morpholine rings is 1. The van der Waals surface area contributed by atoms with Crippen LogP contribution >= 0.6 is 0 Å². The minimum atomic E-state index is -0.845. The van der Waals surface area contributed by atoms with Crippen molar-refractivity contribution >= 4 is 5.91 Å². The van der Waals surface area contributed by atoms with Gasteiger partial charge in [-0.25, -0.2) is 8.78 Å².